The van der Waals surface area contributed by atoms with Crippen molar-refractivity contribution < 1.29 is 4.79 Å². The number of aromatic nitrogens is 2. The van der Waals surface area contributed by atoms with Gasteiger partial charge in [0.15, 0.2) is 0 Å². The van der Waals surface area contributed by atoms with E-state index in [0.29, 0.717) is 6.54 Å². The van der Waals surface area contributed by atoms with E-state index >= 15 is 0 Å². The first-order valence-electron chi connectivity index (χ1n) is 7.93. The van der Waals surface area contributed by atoms with E-state index in [4.69, 9.17) is 5.73 Å². The SMILES string of the molecule is Cc1cc(N(C(=O)Cn2ccnc2C)C2CCNC2)ccc1N. The minimum absolute atomic E-state index is 0.0731. The van der Waals surface area contributed by atoms with Gasteiger partial charge in [-0.25, -0.2) is 4.98 Å². The Morgan fingerprint density at radius 3 is 2.91 bits per heavy atom. The van der Waals surface area contributed by atoms with Crippen molar-refractivity contribution in [2.24, 2.45) is 0 Å². The molecule has 1 saturated heterocycles. The number of nitrogens with one attached hydrogen (secondary N) is 1. The van der Waals surface area contributed by atoms with Gasteiger partial charge in [0, 0.05) is 30.3 Å². The molecule has 6 nitrogen and oxygen atoms in total. The number of amides is 1. The van der Waals surface area contributed by atoms with Crippen molar-refractivity contribution in [3.05, 3.63) is 42.0 Å². The van der Waals surface area contributed by atoms with Crippen molar-refractivity contribution in [1.82, 2.24) is 14.9 Å². The van der Waals surface area contributed by atoms with Gasteiger partial charge >= 0.3 is 0 Å². The highest BCUT2D eigenvalue weighted by atomic mass is 16.2. The molecule has 0 aliphatic carbocycles. The van der Waals surface area contributed by atoms with E-state index in [1.54, 1.807) is 6.20 Å². The molecule has 1 aromatic carbocycles. The molecule has 3 N–H and O–H groups in total. The summed E-state index contributed by atoms with van der Waals surface area (Å²) in [4.78, 5) is 19.1. The van der Waals surface area contributed by atoms with Crippen LogP contribution in [0.15, 0.2) is 30.6 Å². The summed E-state index contributed by atoms with van der Waals surface area (Å²) in [6.45, 7) is 5.92. The van der Waals surface area contributed by atoms with Gasteiger partial charge in [0.1, 0.15) is 12.4 Å². The Morgan fingerprint density at radius 2 is 2.30 bits per heavy atom. The first kappa shape index (κ1) is 15.6. The molecule has 1 amide bonds. The maximum absolute atomic E-state index is 13.0. The van der Waals surface area contributed by atoms with Gasteiger partial charge in [-0.05, 0) is 50.6 Å². The number of nitrogen functional groups attached to an aromatic ring is 1. The summed E-state index contributed by atoms with van der Waals surface area (Å²) in [5, 5.41) is 3.34. The van der Waals surface area contributed by atoms with E-state index in [2.05, 4.69) is 10.3 Å². The fourth-order valence-corrected chi connectivity index (χ4v) is 3.02. The Labute approximate surface area is 136 Å². The van der Waals surface area contributed by atoms with E-state index in [9.17, 15) is 4.79 Å². The summed E-state index contributed by atoms with van der Waals surface area (Å²) in [5.74, 6) is 0.917. The molecule has 2 heterocycles. The normalized spacial score (nSPS) is 17.4. The van der Waals surface area contributed by atoms with Crippen molar-refractivity contribution in [2.75, 3.05) is 23.7 Å². The number of rotatable bonds is 4. The molecule has 0 spiro atoms. The Balaban J connectivity index is 1.90. The second-order valence-electron chi connectivity index (χ2n) is 6.05. The lowest BCUT2D eigenvalue weighted by Crippen LogP contribution is -2.43. The van der Waals surface area contributed by atoms with Gasteiger partial charge in [0.25, 0.3) is 0 Å². The first-order valence-corrected chi connectivity index (χ1v) is 7.93. The summed E-state index contributed by atoms with van der Waals surface area (Å²) < 4.78 is 1.88. The molecule has 3 rings (SSSR count). The van der Waals surface area contributed by atoms with Gasteiger partial charge < -0.3 is 20.5 Å². The van der Waals surface area contributed by atoms with Crippen LogP contribution >= 0.6 is 0 Å². The second kappa shape index (κ2) is 6.42. The highest BCUT2D eigenvalue weighted by Crippen LogP contribution is 2.25. The molecule has 1 atom stereocenters. The Morgan fingerprint density at radius 1 is 1.48 bits per heavy atom. The minimum atomic E-state index is 0.0731. The van der Waals surface area contributed by atoms with Crippen molar-refractivity contribution in [3.63, 3.8) is 0 Å². The second-order valence-corrected chi connectivity index (χ2v) is 6.05. The smallest absolute Gasteiger partial charge is 0.247 e. The zero-order valence-electron chi connectivity index (χ0n) is 13.6. The topological polar surface area (TPSA) is 76.2 Å². The summed E-state index contributed by atoms with van der Waals surface area (Å²) in [6.07, 6.45) is 4.52. The number of carbonyl (C=O) groups is 1. The summed E-state index contributed by atoms with van der Waals surface area (Å²) in [5.41, 5.74) is 8.57. The predicted octanol–water partition coefficient (Wildman–Crippen LogP) is 1.48. The molecular formula is C17H23N5O. The number of hydrogen-bond acceptors (Lipinski definition) is 4. The molecule has 23 heavy (non-hydrogen) atoms. The van der Waals surface area contributed by atoms with E-state index < -0.39 is 0 Å². The maximum Gasteiger partial charge on any atom is 0.247 e. The van der Waals surface area contributed by atoms with Crippen LogP contribution < -0.4 is 16.0 Å². The molecule has 1 fully saturated rings. The fraction of sp³-hybridized carbons (Fsp3) is 0.412. The Kier molecular flexibility index (Phi) is 4.34. The Hall–Kier alpha value is -2.34. The van der Waals surface area contributed by atoms with Crippen molar-refractivity contribution in [1.29, 1.82) is 0 Å². The summed E-state index contributed by atoms with van der Waals surface area (Å²) in [7, 11) is 0. The number of anilines is 2. The van der Waals surface area contributed by atoms with Gasteiger partial charge in [-0.2, -0.15) is 0 Å². The number of imidazole rings is 1. The van der Waals surface area contributed by atoms with Crippen LogP contribution in [0.2, 0.25) is 0 Å². The number of aryl methyl sites for hydroxylation is 2. The molecule has 1 unspecified atom stereocenters. The lowest BCUT2D eigenvalue weighted by molar-refractivity contribution is -0.119. The zero-order valence-corrected chi connectivity index (χ0v) is 13.6. The average Bonchev–Trinajstić information content (AvgIpc) is 3.16. The maximum atomic E-state index is 13.0. The quantitative estimate of drug-likeness (QED) is 0.838. The molecular weight excluding hydrogens is 290 g/mol. The first-order chi connectivity index (χ1) is 11.1. The minimum Gasteiger partial charge on any atom is -0.399 e. The molecule has 1 aromatic heterocycles. The van der Waals surface area contributed by atoms with E-state index in [1.807, 2.05) is 47.7 Å². The van der Waals surface area contributed by atoms with Crippen LogP contribution in [0.25, 0.3) is 0 Å². The molecule has 1 aliphatic heterocycles. The van der Waals surface area contributed by atoms with E-state index in [1.165, 1.54) is 0 Å². The summed E-state index contributed by atoms with van der Waals surface area (Å²) in [6, 6.07) is 5.97. The van der Waals surface area contributed by atoms with Crippen molar-refractivity contribution >= 4 is 17.3 Å². The monoisotopic (exact) mass is 313 g/mol. The van der Waals surface area contributed by atoms with E-state index in [0.717, 1.165) is 42.3 Å². The molecule has 0 bridgehead atoms. The third kappa shape index (κ3) is 3.22. The van der Waals surface area contributed by atoms with Crippen LogP contribution in [0.1, 0.15) is 17.8 Å². The average molecular weight is 313 g/mol. The van der Waals surface area contributed by atoms with Gasteiger partial charge in [0.05, 0.1) is 6.04 Å². The lowest BCUT2D eigenvalue weighted by atomic mass is 10.1. The predicted molar refractivity (Wildman–Crippen MR) is 91.3 cm³/mol. The highest BCUT2D eigenvalue weighted by Gasteiger charge is 2.28. The fourth-order valence-electron chi connectivity index (χ4n) is 3.02. The summed E-state index contributed by atoms with van der Waals surface area (Å²) >= 11 is 0. The number of carbonyl (C=O) groups excluding carboxylic acids is 1. The van der Waals surface area contributed by atoms with E-state index in [-0.39, 0.29) is 11.9 Å². The van der Waals surface area contributed by atoms with Crippen LogP contribution in [0, 0.1) is 13.8 Å². The molecule has 1 aliphatic rings. The van der Waals surface area contributed by atoms with Gasteiger partial charge in [0.2, 0.25) is 5.91 Å². The lowest BCUT2D eigenvalue weighted by Gasteiger charge is -2.29. The van der Waals surface area contributed by atoms with Gasteiger partial charge in [-0.15, -0.1) is 0 Å². The molecule has 2 aromatic rings. The third-order valence-electron chi connectivity index (χ3n) is 4.43. The number of hydrogen-bond donors (Lipinski definition) is 2. The van der Waals surface area contributed by atoms with Crippen molar-refractivity contribution in [3.8, 4) is 0 Å². The van der Waals surface area contributed by atoms with Gasteiger partial charge in [-0.3, -0.25) is 4.79 Å². The molecule has 122 valence electrons. The number of nitrogens with zero attached hydrogens (tertiary/aromatic N) is 3. The van der Waals surface area contributed by atoms with Crippen LogP contribution in [-0.2, 0) is 11.3 Å². The van der Waals surface area contributed by atoms with Gasteiger partial charge in [-0.1, -0.05) is 0 Å². The van der Waals surface area contributed by atoms with Crippen LogP contribution in [0.4, 0.5) is 11.4 Å². The van der Waals surface area contributed by atoms with Crippen molar-refractivity contribution in [2.45, 2.75) is 32.9 Å². The molecule has 0 radical (unpaired) electrons. The Bertz CT molecular complexity index is 703. The van der Waals surface area contributed by atoms with Crippen LogP contribution in [0.3, 0.4) is 0 Å². The highest BCUT2D eigenvalue weighted by molar-refractivity contribution is 5.94. The molecule has 0 saturated carbocycles. The molecule has 6 heteroatoms. The largest absolute Gasteiger partial charge is 0.399 e. The van der Waals surface area contributed by atoms with Crippen LogP contribution in [-0.4, -0.2) is 34.6 Å². The van der Waals surface area contributed by atoms with Crippen LogP contribution in [0.5, 0.6) is 0 Å². The standard InChI is InChI=1S/C17H23N5O/c1-12-9-14(3-4-16(12)18)22(15-5-6-19-10-15)17(23)11-21-8-7-20-13(21)2/h3-4,7-9,15,19H,5-6,10-11,18H2,1-2H3. The number of benzene rings is 1. The third-order valence-corrected chi connectivity index (χ3v) is 4.43. The number of nitrogens with two attached hydrogens (primary N) is 1. The zero-order chi connectivity index (χ0) is 16.4.